The molecule has 0 amide bonds. The molecular weight excluding hydrogens is 260 g/mol. The van der Waals surface area contributed by atoms with E-state index in [9.17, 15) is 0 Å². The van der Waals surface area contributed by atoms with Crippen LogP contribution in [-0.2, 0) is 14.2 Å². The van der Waals surface area contributed by atoms with Gasteiger partial charge in [0.15, 0.2) is 0 Å². The van der Waals surface area contributed by atoms with Gasteiger partial charge in [0.05, 0.1) is 50.4 Å². The Morgan fingerprint density at radius 3 is 2.35 bits per heavy atom. The smallest absolute Gasteiger partial charge is 0.143 e. The Labute approximate surface area is 119 Å². The number of methoxy groups -OCH3 is 1. The van der Waals surface area contributed by atoms with Gasteiger partial charge in [0.1, 0.15) is 12.4 Å². The van der Waals surface area contributed by atoms with E-state index in [-0.39, 0.29) is 0 Å². The predicted molar refractivity (Wildman–Crippen MR) is 74.6 cm³/mol. The number of benzene rings is 1. The van der Waals surface area contributed by atoms with E-state index in [1.165, 1.54) is 0 Å². The van der Waals surface area contributed by atoms with Crippen LogP contribution in [0.5, 0.6) is 5.75 Å². The summed E-state index contributed by atoms with van der Waals surface area (Å²) < 4.78 is 20.9. The van der Waals surface area contributed by atoms with Crippen LogP contribution in [-0.4, -0.2) is 46.8 Å². The normalized spacial score (nSPS) is 10.2. The summed E-state index contributed by atoms with van der Waals surface area (Å²) in [5.41, 5.74) is 6.77. The molecule has 0 aliphatic heterocycles. The summed E-state index contributed by atoms with van der Waals surface area (Å²) in [7, 11) is 1.63. The molecule has 110 valence electrons. The zero-order valence-corrected chi connectivity index (χ0v) is 11.6. The molecule has 20 heavy (non-hydrogen) atoms. The summed E-state index contributed by atoms with van der Waals surface area (Å²) in [5.74, 6) is 0.504. The van der Waals surface area contributed by atoms with Gasteiger partial charge in [0.25, 0.3) is 0 Å². The van der Waals surface area contributed by atoms with Gasteiger partial charge in [-0.2, -0.15) is 5.26 Å². The fourth-order valence-electron chi connectivity index (χ4n) is 1.40. The largest absolute Gasteiger partial charge is 0.489 e. The maximum atomic E-state index is 8.79. The number of nitrogens with zero attached hydrogens (tertiary/aromatic N) is 1. The first-order valence-corrected chi connectivity index (χ1v) is 6.34. The van der Waals surface area contributed by atoms with Gasteiger partial charge in [0.2, 0.25) is 0 Å². The zero-order chi connectivity index (χ0) is 14.6. The molecule has 0 radical (unpaired) electrons. The SMILES string of the molecule is COCCOCCOCCOc1cc(C#N)ccc1N. The minimum absolute atomic E-state index is 0.372. The highest BCUT2D eigenvalue weighted by Gasteiger charge is 2.02. The van der Waals surface area contributed by atoms with E-state index in [1.807, 2.05) is 6.07 Å². The second-order valence-electron chi connectivity index (χ2n) is 3.93. The van der Waals surface area contributed by atoms with Crippen LogP contribution < -0.4 is 10.5 Å². The third-order valence-corrected chi connectivity index (χ3v) is 2.43. The van der Waals surface area contributed by atoms with Crippen molar-refractivity contribution < 1.29 is 18.9 Å². The third-order valence-electron chi connectivity index (χ3n) is 2.43. The van der Waals surface area contributed by atoms with Crippen molar-refractivity contribution in [3.63, 3.8) is 0 Å². The van der Waals surface area contributed by atoms with Crippen LogP contribution >= 0.6 is 0 Å². The molecule has 0 bridgehead atoms. The van der Waals surface area contributed by atoms with Crippen LogP contribution in [0.3, 0.4) is 0 Å². The lowest BCUT2D eigenvalue weighted by Crippen LogP contribution is -2.12. The molecule has 0 atom stereocenters. The summed E-state index contributed by atoms with van der Waals surface area (Å²) >= 11 is 0. The molecule has 0 saturated heterocycles. The number of nitrogens with two attached hydrogens (primary N) is 1. The number of rotatable bonds is 10. The van der Waals surface area contributed by atoms with Crippen molar-refractivity contribution in [2.45, 2.75) is 0 Å². The van der Waals surface area contributed by atoms with Gasteiger partial charge in [-0.05, 0) is 12.1 Å². The van der Waals surface area contributed by atoms with Crippen LogP contribution in [0.4, 0.5) is 5.69 Å². The van der Waals surface area contributed by atoms with Gasteiger partial charge in [-0.3, -0.25) is 0 Å². The topological polar surface area (TPSA) is 86.7 Å². The summed E-state index contributed by atoms with van der Waals surface area (Å²) in [6, 6.07) is 6.95. The van der Waals surface area contributed by atoms with Gasteiger partial charge in [0, 0.05) is 13.2 Å². The van der Waals surface area contributed by atoms with E-state index in [2.05, 4.69) is 0 Å². The van der Waals surface area contributed by atoms with Crippen molar-refractivity contribution in [1.82, 2.24) is 0 Å². The lowest BCUT2D eigenvalue weighted by Gasteiger charge is -2.09. The summed E-state index contributed by atoms with van der Waals surface area (Å²) in [6.45, 7) is 2.97. The molecule has 1 rings (SSSR count). The first-order valence-electron chi connectivity index (χ1n) is 6.34. The molecule has 0 aromatic heterocycles. The van der Waals surface area contributed by atoms with Crippen LogP contribution in [0.15, 0.2) is 18.2 Å². The zero-order valence-electron chi connectivity index (χ0n) is 11.6. The Morgan fingerprint density at radius 2 is 1.70 bits per heavy atom. The molecular formula is C14H20N2O4. The van der Waals surface area contributed by atoms with Gasteiger partial charge in [-0.1, -0.05) is 0 Å². The Bertz CT molecular complexity index is 432. The van der Waals surface area contributed by atoms with Crippen molar-refractivity contribution in [2.24, 2.45) is 0 Å². The fourth-order valence-corrected chi connectivity index (χ4v) is 1.40. The van der Waals surface area contributed by atoms with E-state index in [1.54, 1.807) is 25.3 Å². The molecule has 1 aromatic carbocycles. The summed E-state index contributed by atoms with van der Waals surface area (Å²) in [6.07, 6.45) is 0. The van der Waals surface area contributed by atoms with Gasteiger partial charge in [-0.25, -0.2) is 0 Å². The van der Waals surface area contributed by atoms with Crippen molar-refractivity contribution in [3.05, 3.63) is 23.8 Å². The maximum Gasteiger partial charge on any atom is 0.143 e. The van der Waals surface area contributed by atoms with Crippen molar-refractivity contribution in [2.75, 3.05) is 52.5 Å². The van der Waals surface area contributed by atoms with Crippen molar-refractivity contribution in [1.29, 1.82) is 5.26 Å². The number of anilines is 1. The van der Waals surface area contributed by atoms with E-state index < -0.39 is 0 Å². The number of nitriles is 1. The number of ether oxygens (including phenoxy) is 4. The van der Waals surface area contributed by atoms with Gasteiger partial charge in [-0.15, -0.1) is 0 Å². The quantitative estimate of drug-likeness (QED) is 0.512. The minimum atomic E-state index is 0.372. The monoisotopic (exact) mass is 280 g/mol. The lowest BCUT2D eigenvalue weighted by atomic mass is 10.2. The molecule has 0 saturated carbocycles. The Morgan fingerprint density at radius 1 is 1.05 bits per heavy atom. The summed E-state index contributed by atoms with van der Waals surface area (Å²) in [5, 5.41) is 8.79. The molecule has 1 aromatic rings. The van der Waals surface area contributed by atoms with Crippen LogP contribution in [0, 0.1) is 11.3 Å². The molecule has 0 fully saturated rings. The Hall–Kier alpha value is -1.81. The Kier molecular flexibility index (Phi) is 8.15. The van der Waals surface area contributed by atoms with Crippen molar-refractivity contribution >= 4 is 5.69 Å². The Balaban J connectivity index is 2.11. The fraction of sp³-hybridized carbons (Fsp3) is 0.500. The number of nitrogen functional groups attached to an aromatic ring is 1. The average Bonchev–Trinajstić information content (AvgIpc) is 2.47. The molecule has 0 aliphatic rings. The molecule has 2 N–H and O–H groups in total. The molecule has 6 heteroatoms. The van der Waals surface area contributed by atoms with Crippen LogP contribution in [0.2, 0.25) is 0 Å². The highest BCUT2D eigenvalue weighted by molar-refractivity contribution is 5.55. The average molecular weight is 280 g/mol. The molecule has 0 spiro atoms. The second-order valence-corrected chi connectivity index (χ2v) is 3.93. The van der Waals surface area contributed by atoms with Crippen molar-refractivity contribution in [3.8, 4) is 11.8 Å². The first-order chi connectivity index (χ1) is 9.77. The highest BCUT2D eigenvalue weighted by Crippen LogP contribution is 2.22. The second kappa shape index (κ2) is 10.0. The third kappa shape index (κ3) is 6.38. The number of hydrogen-bond acceptors (Lipinski definition) is 6. The maximum absolute atomic E-state index is 8.79. The van der Waals surface area contributed by atoms with Crippen LogP contribution in [0.25, 0.3) is 0 Å². The lowest BCUT2D eigenvalue weighted by molar-refractivity contribution is 0.0180. The minimum Gasteiger partial charge on any atom is -0.489 e. The number of hydrogen-bond donors (Lipinski definition) is 1. The van der Waals surface area contributed by atoms with Crippen LogP contribution in [0.1, 0.15) is 5.56 Å². The first kappa shape index (κ1) is 16.2. The van der Waals surface area contributed by atoms with Gasteiger partial charge < -0.3 is 24.7 Å². The van der Waals surface area contributed by atoms with E-state index in [4.69, 9.17) is 29.9 Å². The van der Waals surface area contributed by atoms with Gasteiger partial charge >= 0.3 is 0 Å². The molecule has 6 nitrogen and oxygen atoms in total. The molecule has 0 aliphatic carbocycles. The van der Waals surface area contributed by atoms with E-state index in [0.717, 1.165) is 0 Å². The molecule has 0 unspecified atom stereocenters. The van der Waals surface area contributed by atoms with E-state index >= 15 is 0 Å². The van der Waals surface area contributed by atoms with E-state index in [0.29, 0.717) is 56.6 Å². The summed E-state index contributed by atoms with van der Waals surface area (Å²) in [4.78, 5) is 0. The standard InChI is InChI=1S/C14H20N2O4/c1-17-4-5-18-6-7-19-8-9-20-14-10-12(11-15)2-3-13(14)16/h2-3,10H,4-9,16H2,1H3. The molecule has 0 heterocycles. The highest BCUT2D eigenvalue weighted by atomic mass is 16.6. The predicted octanol–water partition coefficient (Wildman–Crippen LogP) is 1.20.